The fraction of sp³-hybridized carbons (Fsp3) is 0.250. The Bertz CT molecular complexity index is 1350. The van der Waals surface area contributed by atoms with Gasteiger partial charge in [0.2, 0.25) is 5.82 Å². The van der Waals surface area contributed by atoms with E-state index in [2.05, 4.69) is 15.2 Å². The van der Waals surface area contributed by atoms with Gasteiger partial charge in [-0.25, -0.2) is 13.9 Å². The summed E-state index contributed by atoms with van der Waals surface area (Å²) in [6.45, 7) is -0.197. The van der Waals surface area contributed by atoms with E-state index in [1.54, 1.807) is 42.1 Å². The molecule has 0 saturated carbocycles. The van der Waals surface area contributed by atoms with Crippen molar-refractivity contribution in [2.45, 2.75) is 25.9 Å². The van der Waals surface area contributed by atoms with Crippen molar-refractivity contribution in [2.75, 3.05) is 14.2 Å². The van der Waals surface area contributed by atoms with Gasteiger partial charge in [-0.1, -0.05) is 5.16 Å². The Labute approximate surface area is 194 Å². The lowest BCUT2D eigenvalue weighted by Gasteiger charge is -2.07. The van der Waals surface area contributed by atoms with Gasteiger partial charge in [-0.05, 0) is 61.7 Å². The predicted octanol–water partition coefficient (Wildman–Crippen LogP) is 3.92. The number of esters is 1. The Balaban J connectivity index is 1.32. The topological polar surface area (TPSA) is 102 Å². The largest absolute Gasteiger partial charge is 0.493 e. The van der Waals surface area contributed by atoms with Crippen LogP contribution in [0.15, 0.2) is 47.0 Å². The summed E-state index contributed by atoms with van der Waals surface area (Å²) in [4.78, 5) is 17.1. The molecule has 0 bridgehead atoms. The van der Waals surface area contributed by atoms with Gasteiger partial charge in [0.25, 0.3) is 5.89 Å². The molecule has 2 aromatic carbocycles. The van der Waals surface area contributed by atoms with E-state index in [1.807, 2.05) is 0 Å². The lowest BCUT2D eigenvalue weighted by Crippen LogP contribution is -2.09. The number of hydrogen-bond donors (Lipinski definition) is 0. The molecule has 2 aromatic heterocycles. The minimum absolute atomic E-state index is 0.146. The summed E-state index contributed by atoms with van der Waals surface area (Å²) in [5.41, 5.74) is 3.39. The van der Waals surface area contributed by atoms with Crippen molar-refractivity contribution in [1.29, 1.82) is 0 Å². The normalized spacial score (nSPS) is 12.4. The highest BCUT2D eigenvalue weighted by Gasteiger charge is 2.28. The maximum absolute atomic E-state index is 13.3. The van der Waals surface area contributed by atoms with Crippen LogP contribution in [0, 0.1) is 5.82 Å². The van der Waals surface area contributed by atoms with E-state index in [0.29, 0.717) is 28.6 Å². The number of rotatable bonds is 7. The Morgan fingerprint density at radius 3 is 2.65 bits per heavy atom. The van der Waals surface area contributed by atoms with Crippen LogP contribution in [0.5, 0.6) is 11.5 Å². The molecule has 0 unspecified atom stereocenters. The van der Waals surface area contributed by atoms with Crippen molar-refractivity contribution in [1.82, 2.24) is 19.9 Å². The van der Waals surface area contributed by atoms with Crippen LogP contribution in [0.3, 0.4) is 0 Å². The summed E-state index contributed by atoms with van der Waals surface area (Å²) in [6, 6.07) is 11.2. The summed E-state index contributed by atoms with van der Waals surface area (Å²) in [6.07, 6.45) is 2.42. The second-order valence-electron chi connectivity index (χ2n) is 7.67. The summed E-state index contributed by atoms with van der Waals surface area (Å²) in [5.74, 6) is 0.671. The number of fused-ring (bicyclic) bond motifs is 1. The Morgan fingerprint density at radius 1 is 1.09 bits per heavy atom. The molecule has 0 atom stereocenters. The first kappa shape index (κ1) is 21.6. The third-order valence-electron chi connectivity index (χ3n) is 5.63. The Hall–Kier alpha value is -4.21. The average Bonchev–Trinajstić information content (AvgIpc) is 3.60. The molecule has 10 heteroatoms. The lowest BCUT2D eigenvalue weighted by atomic mass is 10.2. The molecule has 0 aliphatic heterocycles. The molecule has 0 saturated heterocycles. The van der Waals surface area contributed by atoms with Crippen LogP contribution < -0.4 is 9.47 Å². The van der Waals surface area contributed by atoms with E-state index >= 15 is 0 Å². The van der Waals surface area contributed by atoms with Gasteiger partial charge in [-0.15, -0.1) is 0 Å². The standard InChI is InChI=1S/C24H21FN4O5/c1-31-19-11-6-14(12-20(19)32-2)23-26-21(34-28-23)13-33-24(30)22-17-4-3-5-18(17)29(27-22)16-9-7-15(25)8-10-16/h6-12H,3-5,13H2,1-2H3. The summed E-state index contributed by atoms with van der Waals surface area (Å²) >= 11 is 0. The van der Waals surface area contributed by atoms with Gasteiger partial charge in [-0.2, -0.15) is 10.1 Å². The molecule has 0 N–H and O–H groups in total. The van der Waals surface area contributed by atoms with Crippen LogP contribution in [-0.4, -0.2) is 40.1 Å². The lowest BCUT2D eigenvalue weighted by molar-refractivity contribution is 0.0421. The van der Waals surface area contributed by atoms with Crippen LogP contribution >= 0.6 is 0 Å². The van der Waals surface area contributed by atoms with Gasteiger partial charge in [0.15, 0.2) is 23.8 Å². The van der Waals surface area contributed by atoms with Crippen molar-refractivity contribution >= 4 is 5.97 Å². The predicted molar refractivity (Wildman–Crippen MR) is 118 cm³/mol. The first-order valence-corrected chi connectivity index (χ1v) is 10.7. The van der Waals surface area contributed by atoms with Crippen molar-refractivity contribution in [2.24, 2.45) is 0 Å². The number of nitrogens with zero attached hydrogens (tertiary/aromatic N) is 4. The van der Waals surface area contributed by atoms with Crippen LogP contribution in [-0.2, 0) is 24.2 Å². The van der Waals surface area contributed by atoms with Crippen LogP contribution in [0.25, 0.3) is 17.1 Å². The first-order chi connectivity index (χ1) is 16.6. The van der Waals surface area contributed by atoms with E-state index in [-0.39, 0.29) is 24.0 Å². The van der Waals surface area contributed by atoms with Gasteiger partial charge in [0.1, 0.15) is 5.82 Å². The summed E-state index contributed by atoms with van der Waals surface area (Å²) in [7, 11) is 3.09. The van der Waals surface area contributed by atoms with E-state index in [4.69, 9.17) is 18.7 Å². The zero-order valence-electron chi connectivity index (χ0n) is 18.6. The highest BCUT2D eigenvalue weighted by atomic mass is 19.1. The van der Waals surface area contributed by atoms with E-state index in [9.17, 15) is 9.18 Å². The van der Waals surface area contributed by atoms with Crippen LogP contribution in [0.4, 0.5) is 4.39 Å². The van der Waals surface area contributed by atoms with Gasteiger partial charge < -0.3 is 18.7 Å². The van der Waals surface area contributed by atoms with Gasteiger partial charge >= 0.3 is 5.97 Å². The van der Waals surface area contributed by atoms with Gasteiger partial charge in [0, 0.05) is 16.8 Å². The fourth-order valence-electron chi connectivity index (χ4n) is 4.00. The van der Waals surface area contributed by atoms with Crippen molar-refractivity contribution < 1.29 is 27.9 Å². The molecule has 0 radical (unpaired) electrons. The third kappa shape index (κ3) is 3.98. The van der Waals surface area contributed by atoms with E-state index in [0.717, 1.165) is 30.5 Å². The smallest absolute Gasteiger partial charge is 0.359 e. The monoisotopic (exact) mass is 464 g/mol. The zero-order chi connectivity index (χ0) is 23.7. The SMILES string of the molecule is COc1ccc(-c2noc(COC(=O)c3nn(-c4ccc(F)cc4)c4c3CCC4)n2)cc1OC. The molecule has 4 aromatic rings. The minimum atomic E-state index is -0.579. The number of aromatic nitrogens is 4. The molecule has 174 valence electrons. The molecular weight excluding hydrogens is 443 g/mol. The molecule has 1 aliphatic carbocycles. The molecular formula is C24H21FN4O5. The number of ether oxygens (including phenoxy) is 3. The van der Waals surface area contributed by atoms with Crippen molar-refractivity contribution in [3.63, 3.8) is 0 Å². The highest BCUT2D eigenvalue weighted by Crippen LogP contribution is 2.31. The van der Waals surface area contributed by atoms with Crippen molar-refractivity contribution in [3.8, 4) is 28.6 Å². The van der Waals surface area contributed by atoms with E-state index < -0.39 is 5.97 Å². The quantitative estimate of drug-likeness (QED) is 0.379. The second-order valence-corrected chi connectivity index (χ2v) is 7.67. The average molecular weight is 464 g/mol. The van der Waals surface area contributed by atoms with E-state index in [1.165, 1.54) is 19.2 Å². The number of hydrogen-bond acceptors (Lipinski definition) is 8. The van der Waals surface area contributed by atoms with Crippen LogP contribution in [0.2, 0.25) is 0 Å². The van der Waals surface area contributed by atoms with Crippen molar-refractivity contribution in [3.05, 3.63) is 71.1 Å². The third-order valence-corrected chi connectivity index (χ3v) is 5.63. The molecule has 0 fully saturated rings. The molecule has 9 nitrogen and oxygen atoms in total. The molecule has 0 spiro atoms. The number of carbonyl (C=O) groups is 1. The minimum Gasteiger partial charge on any atom is -0.493 e. The number of halogens is 1. The summed E-state index contributed by atoms with van der Waals surface area (Å²) in [5, 5.41) is 8.41. The zero-order valence-corrected chi connectivity index (χ0v) is 18.6. The fourth-order valence-corrected chi connectivity index (χ4v) is 4.00. The molecule has 2 heterocycles. The maximum Gasteiger partial charge on any atom is 0.359 e. The highest BCUT2D eigenvalue weighted by molar-refractivity contribution is 5.89. The Morgan fingerprint density at radius 2 is 1.88 bits per heavy atom. The molecule has 5 rings (SSSR count). The Kier molecular flexibility index (Phi) is 5.70. The summed E-state index contributed by atoms with van der Waals surface area (Å²) < 4.78 is 36.2. The number of carbonyl (C=O) groups excluding carboxylic acids is 1. The van der Waals surface area contributed by atoms with Gasteiger partial charge in [0.05, 0.1) is 19.9 Å². The second kappa shape index (κ2) is 8.97. The first-order valence-electron chi connectivity index (χ1n) is 10.7. The molecule has 0 amide bonds. The van der Waals surface area contributed by atoms with Crippen LogP contribution in [0.1, 0.15) is 34.1 Å². The maximum atomic E-state index is 13.3. The van der Waals surface area contributed by atoms with Gasteiger partial charge in [-0.3, -0.25) is 0 Å². The number of methoxy groups -OCH3 is 2. The molecule has 1 aliphatic rings. The number of benzene rings is 2. The molecule has 34 heavy (non-hydrogen) atoms.